The van der Waals surface area contributed by atoms with Crippen molar-refractivity contribution < 1.29 is 14.0 Å². The number of carbonyl (C=O) groups excluding carboxylic acids is 2. The Labute approximate surface area is 146 Å². The molecule has 2 heterocycles. The highest BCUT2D eigenvalue weighted by Crippen LogP contribution is 2.32. The molecule has 2 fully saturated rings. The summed E-state index contributed by atoms with van der Waals surface area (Å²) in [4.78, 5) is 27.5. The van der Waals surface area contributed by atoms with Gasteiger partial charge in [-0.3, -0.25) is 14.6 Å². The summed E-state index contributed by atoms with van der Waals surface area (Å²) in [7, 11) is 1.48. The van der Waals surface area contributed by atoms with Crippen LogP contribution in [0.5, 0.6) is 0 Å². The highest BCUT2D eigenvalue weighted by molar-refractivity contribution is 6.06. The van der Waals surface area contributed by atoms with Crippen molar-refractivity contribution in [1.82, 2.24) is 15.1 Å². The van der Waals surface area contributed by atoms with Crippen molar-refractivity contribution in [2.45, 2.75) is 31.8 Å². The Kier molecular flexibility index (Phi) is 4.48. The van der Waals surface area contributed by atoms with E-state index in [1.165, 1.54) is 13.1 Å². The monoisotopic (exact) mass is 344 g/mol. The molecule has 25 heavy (non-hydrogen) atoms. The molecular weight excluding hydrogens is 323 g/mol. The van der Waals surface area contributed by atoms with E-state index in [9.17, 15) is 14.0 Å². The Balaban J connectivity index is 1.73. The highest BCUT2D eigenvalue weighted by Gasteiger charge is 2.51. The second kappa shape index (κ2) is 6.45. The van der Waals surface area contributed by atoms with Gasteiger partial charge in [-0.2, -0.15) is 5.26 Å². The van der Waals surface area contributed by atoms with Crippen LogP contribution in [-0.2, 0) is 11.3 Å². The lowest BCUT2D eigenvalue weighted by atomic mass is 9.80. The van der Waals surface area contributed by atoms with Crippen molar-refractivity contribution in [3.63, 3.8) is 0 Å². The molecular formula is C18H21FN4O2. The maximum atomic E-state index is 14.1. The minimum absolute atomic E-state index is 0.0240. The minimum atomic E-state index is -0.909. The van der Waals surface area contributed by atoms with Gasteiger partial charge in [0.1, 0.15) is 11.4 Å². The zero-order valence-corrected chi connectivity index (χ0v) is 14.4. The average molecular weight is 344 g/mol. The number of likely N-dealkylation sites (tertiary alicyclic amines) is 1. The fourth-order valence-electron chi connectivity index (χ4n) is 3.73. The van der Waals surface area contributed by atoms with E-state index in [0.29, 0.717) is 24.2 Å². The van der Waals surface area contributed by atoms with Gasteiger partial charge in [-0.15, -0.1) is 0 Å². The predicted octanol–water partition coefficient (Wildman–Crippen LogP) is 1.85. The third-order valence-electron chi connectivity index (χ3n) is 5.32. The van der Waals surface area contributed by atoms with Gasteiger partial charge in [0.25, 0.3) is 5.91 Å². The van der Waals surface area contributed by atoms with Gasteiger partial charge in [-0.25, -0.2) is 9.18 Å². The standard InChI is InChI=1S/C18H21FN4O2/c1-18(16(24)22(2)17(25)21-18)14-4-3-7-23(11-14)10-13-6-5-12(9-20)8-15(13)19/h5-6,8,14H,3-4,7,10-11H2,1-2H3,(H,21,25)/t14-,18-/m0/s1. The van der Waals surface area contributed by atoms with Gasteiger partial charge >= 0.3 is 6.03 Å². The van der Waals surface area contributed by atoms with Crippen molar-refractivity contribution in [3.05, 3.63) is 35.1 Å². The van der Waals surface area contributed by atoms with Crippen molar-refractivity contribution >= 4 is 11.9 Å². The number of hydrogen-bond acceptors (Lipinski definition) is 4. The van der Waals surface area contributed by atoms with Crippen LogP contribution in [0.1, 0.15) is 30.9 Å². The number of piperidine rings is 1. The number of benzene rings is 1. The van der Waals surface area contributed by atoms with E-state index < -0.39 is 11.4 Å². The topological polar surface area (TPSA) is 76.4 Å². The van der Waals surface area contributed by atoms with Crippen LogP contribution in [0.3, 0.4) is 0 Å². The van der Waals surface area contributed by atoms with Crippen LogP contribution < -0.4 is 5.32 Å². The quantitative estimate of drug-likeness (QED) is 0.849. The molecule has 0 aromatic heterocycles. The first-order chi connectivity index (χ1) is 11.8. The number of halogens is 1. The van der Waals surface area contributed by atoms with Gasteiger partial charge in [0.15, 0.2) is 0 Å². The number of nitrogens with one attached hydrogen (secondary N) is 1. The molecule has 2 aliphatic heterocycles. The van der Waals surface area contributed by atoms with Crippen molar-refractivity contribution in [2.24, 2.45) is 5.92 Å². The first-order valence-corrected chi connectivity index (χ1v) is 8.36. The number of nitriles is 1. The maximum Gasteiger partial charge on any atom is 0.324 e. The molecule has 2 saturated heterocycles. The number of nitrogens with zero attached hydrogens (tertiary/aromatic N) is 3. The number of rotatable bonds is 3. The van der Waals surface area contributed by atoms with E-state index in [-0.39, 0.29) is 17.9 Å². The Morgan fingerprint density at radius 2 is 2.20 bits per heavy atom. The molecule has 1 aromatic rings. The van der Waals surface area contributed by atoms with Crippen LogP contribution in [0, 0.1) is 23.1 Å². The number of likely N-dealkylation sites (N-methyl/N-ethyl adjacent to an activating group) is 1. The lowest BCUT2D eigenvalue weighted by Crippen LogP contribution is -2.55. The summed E-state index contributed by atoms with van der Waals surface area (Å²) in [5, 5.41) is 11.6. The third-order valence-corrected chi connectivity index (χ3v) is 5.32. The molecule has 6 nitrogen and oxygen atoms in total. The number of imide groups is 1. The summed E-state index contributed by atoms with van der Waals surface area (Å²) in [6.07, 6.45) is 1.72. The van der Waals surface area contributed by atoms with Crippen LogP contribution in [0.4, 0.5) is 9.18 Å². The highest BCUT2D eigenvalue weighted by atomic mass is 19.1. The molecule has 0 radical (unpaired) electrons. The summed E-state index contributed by atoms with van der Waals surface area (Å²) in [6, 6.07) is 6.04. The summed E-state index contributed by atoms with van der Waals surface area (Å²) >= 11 is 0. The molecule has 0 spiro atoms. The Morgan fingerprint density at radius 1 is 1.44 bits per heavy atom. The summed E-state index contributed by atoms with van der Waals surface area (Å²) in [5.74, 6) is -0.629. The first-order valence-electron chi connectivity index (χ1n) is 8.36. The van der Waals surface area contributed by atoms with E-state index in [0.717, 1.165) is 24.3 Å². The van der Waals surface area contributed by atoms with Gasteiger partial charge in [-0.05, 0) is 38.4 Å². The normalized spacial score (nSPS) is 27.3. The fourth-order valence-corrected chi connectivity index (χ4v) is 3.73. The second-order valence-electron chi connectivity index (χ2n) is 6.99. The molecule has 1 N–H and O–H groups in total. The van der Waals surface area contributed by atoms with Crippen LogP contribution >= 0.6 is 0 Å². The Bertz CT molecular complexity index is 760. The van der Waals surface area contributed by atoms with Gasteiger partial charge in [-0.1, -0.05) is 6.07 Å². The van der Waals surface area contributed by atoms with Crippen LogP contribution in [0.2, 0.25) is 0 Å². The second-order valence-corrected chi connectivity index (χ2v) is 6.99. The molecule has 3 rings (SSSR count). The van der Waals surface area contributed by atoms with E-state index in [1.807, 2.05) is 6.07 Å². The summed E-state index contributed by atoms with van der Waals surface area (Å²) < 4.78 is 14.1. The molecule has 0 saturated carbocycles. The third kappa shape index (κ3) is 3.10. The molecule has 0 bridgehead atoms. The summed E-state index contributed by atoms with van der Waals surface area (Å²) in [6.45, 7) is 3.61. The molecule has 132 valence electrons. The SMILES string of the molecule is CN1C(=O)N[C@@](C)([C@H]2CCCN(Cc3ccc(C#N)cc3F)C2)C1=O. The van der Waals surface area contributed by atoms with E-state index in [2.05, 4.69) is 10.2 Å². The molecule has 2 atom stereocenters. The number of hydrogen-bond donors (Lipinski definition) is 1. The zero-order valence-electron chi connectivity index (χ0n) is 14.4. The van der Waals surface area contributed by atoms with Crippen molar-refractivity contribution in [1.29, 1.82) is 5.26 Å². The molecule has 0 unspecified atom stereocenters. The fraction of sp³-hybridized carbons (Fsp3) is 0.500. The average Bonchev–Trinajstić information content (AvgIpc) is 2.81. The van der Waals surface area contributed by atoms with E-state index in [1.54, 1.807) is 19.1 Å². The maximum absolute atomic E-state index is 14.1. The Hall–Kier alpha value is -2.46. The smallest absolute Gasteiger partial charge is 0.323 e. The minimum Gasteiger partial charge on any atom is -0.323 e. The molecule has 2 aliphatic rings. The molecule has 0 aliphatic carbocycles. The Morgan fingerprint density at radius 3 is 2.80 bits per heavy atom. The van der Waals surface area contributed by atoms with E-state index in [4.69, 9.17) is 5.26 Å². The van der Waals surface area contributed by atoms with Gasteiger partial charge in [0.2, 0.25) is 0 Å². The van der Waals surface area contributed by atoms with Crippen molar-refractivity contribution in [2.75, 3.05) is 20.1 Å². The van der Waals surface area contributed by atoms with Crippen LogP contribution in [0.15, 0.2) is 18.2 Å². The molecule has 3 amide bonds. The van der Waals surface area contributed by atoms with Gasteiger partial charge in [0.05, 0.1) is 11.6 Å². The van der Waals surface area contributed by atoms with Crippen LogP contribution in [0.25, 0.3) is 0 Å². The van der Waals surface area contributed by atoms with Gasteiger partial charge in [0, 0.05) is 31.6 Å². The zero-order chi connectivity index (χ0) is 18.2. The lowest BCUT2D eigenvalue weighted by Gasteiger charge is -2.39. The molecule has 7 heteroatoms. The predicted molar refractivity (Wildman–Crippen MR) is 88.8 cm³/mol. The lowest BCUT2D eigenvalue weighted by molar-refractivity contribution is -0.132. The van der Waals surface area contributed by atoms with Crippen molar-refractivity contribution in [3.8, 4) is 6.07 Å². The first kappa shape index (κ1) is 17.4. The van der Waals surface area contributed by atoms with E-state index >= 15 is 0 Å². The number of urea groups is 1. The van der Waals surface area contributed by atoms with Gasteiger partial charge < -0.3 is 5.32 Å². The number of carbonyl (C=O) groups is 2. The summed E-state index contributed by atoms with van der Waals surface area (Å²) in [5.41, 5.74) is -0.0791. The number of amides is 3. The largest absolute Gasteiger partial charge is 0.324 e. The molecule has 1 aromatic carbocycles. The van der Waals surface area contributed by atoms with Crippen LogP contribution in [-0.4, -0.2) is 47.4 Å².